The predicted molar refractivity (Wildman–Crippen MR) is 104 cm³/mol. The van der Waals surface area contributed by atoms with Gasteiger partial charge < -0.3 is 10.6 Å². The van der Waals surface area contributed by atoms with Crippen LogP contribution in [-0.4, -0.2) is 41.6 Å². The van der Waals surface area contributed by atoms with Crippen molar-refractivity contribution in [1.29, 1.82) is 0 Å². The summed E-state index contributed by atoms with van der Waals surface area (Å²) in [4.78, 5) is 50.9. The maximum atomic E-state index is 12.5. The molecule has 2 unspecified atom stereocenters. The van der Waals surface area contributed by atoms with Crippen LogP contribution < -0.4 is 10.6 Å². The van der Waals surface area contributed by atoms with Crippen molar-refractivity contribution >= 4 is 29.3 Å². The minimum atomic E-state index is -0.502. The number of allylic oxidation sites excluding steroid dienone is 2. The van der Waals surface area contributed by atoms with Crippen LogP contribution in [0.15, 0.2) is 36.4 Å². The maximum Gasteiger partial charge on any atom is 0.253 e. The van der Waals surface area contributed by atoms with Gasteiger partial charge in [-0.2, -0.15) is 0 Å². The second-order valence-electron chi connectivity index (χ2n) is 7.62. The zero-order valence-corrected chi connectivity index (χ0v) is 16.1. The number of carbonyl (C=O) groups excluding carboxylic acids is 4. The highest BCUT2D eigenvalue weighted by atomic mass is 16.2. The largest absolute Gasteiger partial charge is 0.352 e. The van der Waals surface area contributed by atoms with Crippen LogP contribution in [-0.2, 0) is 14.4 Å². The number of carbonyl (C=O) groups is 4. The Morgan fingerprint density at radius 3 is 2.29 bits per heavy atom. The number of fused-ring (bicyclic) bond motifs is 1. The van der Waals surface area contributed by atoms with E-state index in [9.17, 15) is 19.2 Å². The molecule has 2 atom stereocenters. The van der Waals surface area contributed by atoms with Gasteiger partial charge in [0.2, 0.25) is 17.7 Å². The van der Waals surface area contributed by atoms with Gasteiger partial charge in [0.05, 0.1) is 23.1 Å². The van der Waals surface area contributed by atoms with Gasteiger partial charge in [0, 0.05) is 6.54 Å². The number of nitrogens with one attached hydrogen (secondary N) is 2. The highest BCUT2D eigenvalue weighted by Gasteiger charge is 2.47. The molecule has 1 fully saturated rings. The second-order valence-corrected chi connectivity index (χ2v) is 7.62. The number of amides is 4. The molecule has 0 spiro atoms. The summed E-state index contributed by atoms with van der Waals surface area (Å²) >= 11 is 0. The summed E-state index contributed by atoms with van der Waals surface area (Å²) in [6, 6.07) is 6.67. The summed E-state index contributed by atoms with van der Waals surface area (Å²) < 4.78 is 0. The Kier molecular flexibility index (Phi) is 5.92. The number of benzene rings is 1. The highest BCUT2D eigenvalue weighted by Crippen LogP contribution is 2.34. The molecule has 1 heterocycles. The normalized spacial score (nSPS) is 21.0. The highest BCUT2D eigenvalue weighted by molar-refractivity contribution is 6.10. The van der Waals surface area contributed by atoms with Crippen molar-refractivity contribution in [2.24, 2.45) is 17.8 Å². The fraction of sp³-hybridized carbons (Fsp3) is 0.429. The minimum absolute atomic E-state index is 0.282. The monoisotopic (exact) mass is 383 g/mol. The van der Waals surface area contributed by atoms with Crippen molar-refractivity contribution in [2.75, 3.05) is 18.4 Å². The fourth-order valence-electron chi connectivity index (χ4n) is 3.54. The molecular weight excluding hydrogens is 358 g/mol. The van der Waals surface area contributed by atoms with E-state index in [0.717, 1.165) is 4.90 Å². The van der Waals surface area contributed by atoms with Crippen molar-refractivity contribution in [1.82, 2.24) is 10.2 Å². The number of rotatable bonds is 6. The SMILES string of the molecule is CC(C)CNC(=O)c1ccccc1NC(=O)CN1C(=O)C2CC=CCC2C1=O. The van der Waals surface area contributed by atoms with E-state index >= 15 is 0 Å². The molecule has 7 nitrogen and oxygen atoms in total. The standard InChI is InChI=1S/C21H25N3O4/c1-13(2)11-22-19(26)16-9-5-6-10-17(16)23-18(25)12-24-20(27)14-7-3-4-8-15(14)21(24)28/h3-6,9-10,13-15H,7-8,11-12H2,1-2H3,(H,22,26)(H,23,25). The van der Waals surface area contributed by atoms with E-state index in [1.807, 2.05) is 26.0 Å². The lowest BCUT2D eigenvalue weighted by Crippen LogP contribution is -2.38. The molecule has 0 aromatic heterocycles. The number of para-hydroxylation sites is 1. The van der Waals surface area contributed by atoms with Crippen LogP contribution in [0.4, 0.5) is 5.69 Å². The molecule has 1 aromatic rings. The van der Waals surface area contributed by atoms with Gasteiger partial charge in [-0.15, -0.1) is 0 Å². The van der Waals surface area contributed by atoms with Gasteiger partial charge >= 0.3 is 0 Å². The third kappa shape index (κ3) is 4.13. The van der Waals surface area contributed by atoms with Crippen molar-refractivity contribution in [3.05, 3.63) is 42.0 Å². The maximum absolute atomic E-state index is 12.5. The van der Waals surface area contributed by atoms with Crippen LogP contribution in [0.2, 0.25) is 0 Å². The summed E-state index contributed by atoms with van der Waals surface area (Å²) in [6.45, 7) is 4.16. The molecule has 2 N–H and O–H groups in total. The molecule has 2 aliphatic rings. The molecule has 0 bridgehead atoms. The number of anilines is 1. The third-order valence-electron chi connectivity index (χ3n) is 5.02. The van der Waals surface area contributed by atoms with Crippen molar-refractivity contribution in [2.45, 2.75) is 26.7 Å². The van der Waals surface area contributed by atoms with Gasteiger partial charge in [0.1, 0.15) is 6.54 Å². The van der Waals surface area contributed by atoms with Crippen molar-refractivity contribution in [3.63, 3.8) is 0 Å². The molecule has 1 aromatic carbocycles. The molecule has 0 radical (unpaired) electrons. The first-order chi connectivity index (χ1) is 13.4. The smallest absolute Gasteiger partial charge is 0.253 e. The number of nitrogens with zero attached hydrogens (tertiary/aromatic N) is 1. The molecule has 0 saturated carbocycles. The summed E-state index contributed by atoms with van der Waals surface area (Å²) in [6.07, 6.45) is 4.88. The van der Waals surface area contributed by atoms with Crippen molar-refractivity contribution in [3.8, 4) is 0 Å². The quantitative estimate of drug-likeness (QED) is 0.580. The lowest BCUT2D eigenvalue weighted by Gasteiger charge is -2.16. The number of hydrogen-bond acceptors (Lipinski definition) is 4. The summed E-state index contributed by atoms with van der Waals surface area (Å²) in [5.41, 5.74) is 0.695. The first-order valence-corrected chi connectivity index (χ1v) is 9.55. The Balaban J connectivity index is 1.66. The van der Waals surface area contributed by atoms with Gasteiger partial charge in [-0.05, 0) is 30.9 Å². The number of likely N-dealkylation sites (tertiary alicyclic amines) is 1. The average molecular weight is 383 g/mol. The lowest BCUT2D eigenvalue weighted by atomic mass is 9.85. The zero-order valence-electron chi connectivity index (χ0n) is 16.1. The summed E-state index contributed by atoms with van der Waals surface area (Å²) in [5.74, 6) is -1.79. The van der Waals surface area contributed by atoms with Crippen molar-refractivity contribution < 1.29 is 19.2 Å². The lowest BCUT2D eigenvalue weighted by molar-refractivity contribution is -0.142. The molecule has 1 saturated heterocycles. The van der Waals surface area contributed by atoms with E-state index in [4.69, 9.17) is 0 Å². The molecule has 28 heavy (non-hydrogen) atoms. The summed E-state index contributed by atoms with van der Waals surface area (Å²) in [5, 5.41) is 5.48. The van der Waals surface area contributed by atoms with Gasteiger partial charge in [-0.3, -0.25) is 24.1 Å². The minimum Gasteiger partial charge on any atom is -0.352 e. The number of imide groups is 1. The topological polar surface area (TPSA) is 95.6 Å². The van der Waals surface area contributed by atoms with Crippen LogP contribution in [0.5, 0.6) is 0 Å². The predicted octanol–water partition coefficient (Wildman–Crippen LogP) is 1.96. The van der Waals surface area contributed by atoms with Crippen LogP contribution >= 0.6 is 0 Å². The van der Waals surface area contributed by atoms with E-state index in [1.54, 1.807) is 24.3 Å². The van der Waals surface area contributed by atoms with E-state index in [1.165, 1.54) is 0 Å². The molecule has 4 amide bonds. The van der Waals surface area contributed by atoms with Crippen LogP contribution in [0, 0.1) is 17.8 Å². The summed E-state index contributed by atoms with van der Waals surface area (Å²) in [7, 11) is 0. The van der Waals surface area contributed by atoms with E-state index in [0.29, 0.717) is 36.6 Å². The van der Waals surface area contributed by atoms with Gasteiger partial charge in [0.15, 0.2) is 0 Å². The second kappa shape index (κ2) is 8.37. The molecule has 7 heteroatoms. The first kappa shape index (κ1) is 19.8. The molecule has 1 aliphatic carbocycles. The Morgan fingerprint density at radius 1 is 1.07 bits per heavy atom. The average Bonchev–Trinajstić information content (AvgIpc) is 2.91. The van der Waals surface area contributed by atoms with Crippen LogP contribution in [0.3, 0.4) is 0 Å². The third-order valence-corrected chi connectivity index (χ3v) is 5.02. The molecule has 3 rings (SSSR count). The van der Waals surface area contributed by atoms with Crippen LogP contribution in [0.1, 0.15) is 37.0 Å². The Bertz CT molecular complexity index is 805. The Hall–Kier alpha value is -2.96. The van der Waals surface area contributed by atoms with Crippen LogP contribution in [0.25, 0.3) is 0 Å². The van der Waals surface area contributed by atoms with Gasteiger partial charge in [-0.1, -0.05) is 38.1 Å². The zero-order chi connectivity index (χ0) is 20.3. The fourth-order valence-corrected chi connectivity index (χ4v) is 3.54. The van der Waals surface area contributed by atoms with Gasteiger partial charge in [-0.25, -0.2) is 0 Å². The van der Waals surface area contributed by atoms with E-state index < -0.39 is 5.91 Å². The Labute approximate surface area is 164 Å². The molecular formula is C21H25N3O4. The molecule has 1 aliphatic heterocycles. The Morgan fingerprint density at radius 2 is 1.68 bits per heavy atom. The number of hydrogen-bond donors (Lipinski definition) is 2. The van der Waals surface area contributed by atoms with E-state index in [2.05, 4.69) is 10.6 Å². The molecule has 148 valence electrons. The first-order valence-electron chi connectivity index (χ1n) is 9.55. The van der Waals surface area contributed by atoms with E-state index in [-0.39, 0.29) is 36.1 Å². The van der Waals surface area contributed by atoms with Gasteiger partial charge in [0.25, 0.3) is 5.91 Å².